The SMILES string of the molecule is CC1CCCC(C)C1N[C@@H](CO)c1ccccc1. The van der Waals surface area contributed by atoms with E-state index in [0.717, 1.165) is 0 Å². The maximum atomic E-state index is 9.62. The van der Waals surface area contributed by atoms with Gasteiger partial charge >= 0.3 is 0 Å². The summed E-state index contributed by atoms with van der Waals surface area (Å²) in [5.41, 5.74) is 1.19. The molecular formula is C16H25NO. The van der Waals surface area contributed by atoms with Crippen LogP contribution in [0.5, 0.6) is 0 Å². The van der Waals surface area contributed by atoms with Gasteiger partial charge in [0.1, 0.15) is 0 Å². The summed E-state index contributed by atoms with van der Waals surface area (Å²) in [5.74, 6) is 1.40. The van der Waals surface area contributed by atoms with Gasteiger partial charge in [-0.05, 0) is 30.2 Å². The molecule has 0 spiro atoms. The molecule has 2 rings (SSSR count). The van der Waals surface area contributed by atoms with Crippen LogP contribution in [0.4, 0.5) is 0 Å². The van der Waals surface area contributed by atoms with Crippen LogP contribution in [0.3, 0.4) is 0 Å². The van der Waals surface area contributed by atoms with Crippen LogP contribution in [0.15, 0.2) is 30.3 Å². The Kier molecular flexibility index (Phi) is 4.79. The van der Waals surface area contributed by atoms with E-state index in [0.29, 0.717) is 17.9 Å². The lowest BCUT2D eigenvalue weighted by molar-refractivity contribution is 0.161. The molecule has 0 radical (unpaired) electrons. The van der Waals surface area contributed by atoms with Gasteiger partial charge in [-0.2, -0.15) is 0 Å². The predicted molar refractivity (Wildman–Crippen MR) is 75.4 cm³/mol. The Morgan fingerprint density at radius 2 is 1.78 bits per heavy atom. The number of hydrogen-bond donors (Lipinski definition) is 2. The Labute approximate surface area is 110 Å². The summed E-state index contributed by atoms with van der Waals surface area (Å²) in [4.78, 5) is 0. The highest BCUT2D eigenvalue weighted by molar-refractivity contribution is 5.19. The summed E-state index contributed by atoms with van der Waals surface area (Å²) in [5, 5.41) is 13.3. The van der Waals surface area contributed by atoms with Crippen molar-refractivity contribution in [3.05, 3.63) is 35.9 Å². The van der Waals surface area contributed by atoms with E-state index < -0.39 is 0 Å². The molecule has 1 fully saturated rings. The second-order valence-electron chi connectivity index (χ2n) is 5.72. The maximum absolute atomic E-state index is 9.62. The van der Waals surface area contributed by atoms with Crippen molar-refractivity contribution in [1.29, 1.82) is 0 Å². The second kappa shape index (κ2) is 6.35. The highest BCUT2D eigenvalue weighted by atomic mass is 16.3. The first-order valence-electron chi connectivity index (χ1n) is 7.14. The van der Waals surface area contributed by atoms with E-state index in [2.05, 4.69) is 31.3 Å². The van der Waals surface area contributed by atoms with E-state index in [1.165, 1.54) is 24.8 Å². The van der Waals surface area contributed by atoms with Crippen LogP contribution in [-0.4, -0.2) is 17.8 Å². The van der Waals surface area contributed by atoms with Crippen molar-refractivity contribution in [3.63, 3.8) is 0 Å². The summed E-state index contributed by atoms with van der Waals surface area (Å²) in [6.45, 7) is 4.82. The Morgan fingerprint density at radius 3 is 2.33 bits per heavy atom. The molecule has 18 heavy (non-hydrogen) atoms. The highest BCUT2D eigenvalue weighted by Gasteiger charge is 2.29. The first kappa shape index (κ1) is 13.6. The Bertz CT molecular complexity index is 341. The largest absolute Gasteiger partial charge is 0.394 e. The lowest BCUT2D eigenvalue weighted by atomic mass is 9.78. The van der Waals surface area contributed by atoms with Crippen LogP contribution in [0.1, 0.15) is 44.7 Å². The fraction of sp³-hybridized carbons (Fsp3) is 0.625. The lowest BCUT2D eigenvalue weighted by Gasteiger charge is -2.37. The Morgan fingerprint density at radius 1 is 1.17 bits per heavy atom. The van der Waals surface area contributed by atoms with Crippen LogP contribution >= 0.6 is 0 Å². The summed E-state index contributed by atoms with van der Waals surface area (Å²) in [6, 6.07) is 10.9. The van der Waals surface area contributed by atoms with E-state index in [-0.39, 0.29) is 12.6 Å². The third kappa shape index (κ3) is 3.12. The van der Waals surface area contributed by atoms with Crippen LogP contribution in [0.25, 0.3) is 0 Å². The van der Waals surface area contributed by atoms with Gasteiger partial charge in [-0.15, -0.1) is 0 Å². The van der Waals surface area contributed by atoms with Crippen LogP contribution in [0.2, 0.25) is 0 Å². The molecule has 1 saturated carbocycles. The third-order valence-electron chi connectivity index (χ3n) is 4.32. The minimum atomic E-state index is 0.0687. The first-order chi connectivity index (χ1) is 8.72. The van der Waals surface area contributed by atoms with Crippen molar-refractivity contribution in [3.8, 4) is 0 Å². The summed E-state index contributed by atoms with van der Waals surface area (Å²) in [6.07, 6.45) is 3.94. The zero-order valence-electron chi connectivity index (χ0n) is 11.5. The number of nitrogens with one attached hydrogen (secondary N) is 1. The molecule has 0 aromatic heterocycles. The van der Waals surface area contributed by atoms with Crippen LogP contribution in [-0.2, 0) is 0 Å². The monoisotopic (exact) mass is 247 g/mol. The highest BCUT2D eigenvalue weighted by Crippen LogP contribution is 2.30. The van der Waals surface area contributed by atoms with Gasteiger partial charge in [0.2, 0.25) is 0 Å². The molecule has 1 aromatic rings. The van der Waals surface area contributed by atoms with Crippen LogP contribution < -0.4 is 5.32 Å². The number of rotatable bonds is 4. The topological polar surface area (TPSA) is 32.3 Å². The number of aliphatic hydroxyl groups is 1. The minimum Gasteiger partial charge on any atom is -0.394 e. The molecule has 0 saturated heterocycles. The van der Waals surface area contributed by atoms with E-state index in [1.54, 1.807) is 0 Å². The van der Waals surface area contributed by atoms with Crippen molar-refractivity contribution in [2.24, 2.45) is 11.8 Å². The fourth-order valence-corrected chi connectivity index (χ4v) is 3.18. The zero-order valence-corrected chi connectivity index (χ0v) is 11.5. The standard InChI is InChI=1S/C16H25NO/c1-12-7-6-8-13(2)16(12)17-15(11-18)14-9-4-3-5-10-14/h3-5,9-10,12-13,15-18H,6-8,11H2,1-2H3/t12?,13?,15-,16?/m0/s1. The molecule has 3 atom stereocenters. The smallest absolute Gasteiger partial charge is 0.0626 e. The molecule has 2 unspecified atom stereocenters. The maximum Gasteiger partial charge on any atom is 0.0626 e. The van der Waals surface area contributed by atoms with E-state index in [4.69, 9.17) is 0 Å². The van der Waals surface area contributed by atoms with Gasteiger partial charge in [0.15, 0.2) is 0 Å². The quantitative estimate of drug-likeness (QED) is 0.856. The van der Waals surface area contributed by atoms with Gasteiger partial charge in [-0.1, -0.05) is 50.6 Å². The molecule has 2 nitrogen and oxygen atoms in total. The van der Waals surface area contributed by atoms with E-state index in [1.807, 2.05) is 18.2 Å². The molecule has 1 aliphatic carbocycles. The van der Waals surface area contributed by atoms with Gasteiger partial charge < -0.3 is 10.4 Å². The van der Waals surface area contributed by atoms with Gasteiger partial charge in [0.05, 0.1) is 12.6 Å². The van der Waals surface area contributed by atoms with Crippen LogP contribution in [0, 0.1) is 11.8 Å². The first-order valence-corrected chi connectivity index (χ1v) is 7.14. The molecule has 1 aliphatic rings. The normalized spacial score (nSPS) is 30.1. The summed E-state index contributed by atoms with van der Waals surface area (Å²) >= 11 is 0. The molecule has 1 aromatic carbocycles. The van der Waals surface area contributed by atoms with Gasteiger partial charge in [0, 0.05) is 6.04 Å². The van der Waals surface area contributed by atoms with Crippen molar-refractivity contribution >= 4 is 0 Å². The Hall–Kier alpha value is -0.860. The molecule has 2 heteroatoms. The summed E-state index contributed by atoms with van der Waals surface area (Å²) < 4.78 is 0. The molecule has 2 N–H and O–H groups in total. The predicted octanol–water partition coefficient (Wildman–Crippen LogP) is 3.13. The third-order valence-corrected chi connectivity index (χ3v) is 4.32. The number of aliphatic hydroxyl groups excluding tert-OH is 1. The number of hydrogen-bond acceptors (Lipinski definition) is 2. The average Bonchev–Trinajstić information content (AvgIpc) is 2.40. The molecule has 0 aliphatic heterocycles. The van der Waals surface area contributed by atoms with Crippen molar-refractivity contribution in [1.82, 2.24) is 5.32 Å². The minimum absolute atomic E-state index is 0.0687. The van der Waals surface area contributed by atoms with E-state index >= 15 is 0 Å². The average molecular weight is 247 g/mol. The van der Waals surface area contributed by atoms with Gasteiger partial charge in [0.25, 0.3) is 0 Å². The Balaban J connectivity index is 2.05. The van der Waals surface area contributed by atoms with Crippen molar-refractivity contribution in [2.45, 2.75) is 45.2 Å². The summed E-state index contributed by atoms with van der Waals surface area (Å²) in [7, 11) is 0. The van der Waals surface area contributed by atoms with E-state index in [9.17, 15) is 5.11 Å². The van der Waals surface area contributed by atoms with Crippen molar-refractivity contribution < 1.29 is 5.11 Å². The fourth-order valence-electron chi connectivity index (χ4n) is 3.18. The molecule has 0 amide bonds. The second-order valence-corrected chi connectivity index (χ2v) is 5.72. The number of benzene rings is 1. The molecule has 100 valence electrons. The lowest BCUT2D eigenvalue weighted by Crippen LogP contribution is -2.45. The molecular weight excluding hydrogens is 222 g/mol. The van der Waals surface area contributed by atoms with Crippen molar-refractivity contribution in [2.75, 3.05) is 6.61 Å². The van der Waals surface area contributed by atoms with Gasteiger partial charge in [-0.3, -0.25) is 0 Å². The van der Waals surface area contributed by atoms with Gasteiger partial charge in [-0.25, -0.2) is 0 Å². The molecule has 0 heterocycles. The molecule has 0 bridgehead atoms. The zero-order chi connectivity index (χ0) is 13.0.